The number of amides is 1. The first kappa shape index (κ1) is 17.5. The second-order valence-corrected chi connectivity index (χ2v) is 7.70. The lowest BCUT2D eigenvalue weighted by atomic mass is 9.86. The van der Waals surface area contributed by atoms with Crippen LogP contribution in [0.3, 0.4) is 0 Å². The van der Waals surface area contributed by atoms with E-state index in [0.29, 0.717) is 18.0 Å². The maximum atomic E-state index is 13.6. The molecule has 2 aliphatic rings. The summed E-state index contributed by atoms with van der Waals surface area (Å²) in [5.74, 6) is 0.442. The van der Waals surface area contributed by atoms with Crippen LogP contribution in [0.1, 0.15) is 89.0 Å². The fourth-order valence-corrected chi connectivity index (χ4v) is 4.79. The van der Waals surface area contributed by atoms with E-state index < -0.39 is 0 Å². The lowest BCUT2D eigenvalue weighted by Crippen LogP contribution is -2.50. The maximum Gasteiger partial charge on any atom is 0.230 e. The van der Waals surface area contributed by atoms with Crippen molar-refractivity contribution >= 4 is 5.91 Å². The molecule has 1 atom stereocenters. The van der Waals surface area contributed by atoms with Gasteiger partial charge in [0.25, 0.3) is 0 Å². The van der Waals surface area contributed by atoms with Crippen LogP contribution in [0.2, 0.25) is 0 Å². The van der Waals surface area contributed by atoms with Crippen LogP contribution in [0.15, 0.2) is 30.3 Å². The molecule has 1 aromatic carbocycles. The van der Waals surface area contributed by atoms with E-state index in [0.717, 1.165) is 6.42 Å². The molecule has 0 bridgehead atoms. The van der Waals surface area contributed by atoms with Crippen LogP contribution in [0.5, 0.6) is 0 Å². The van der Waals surface area contributed by atoms with Crippen molar-refractivity contribution in [1.29, 1.82) is 0 Å². The molecule has 2 saturated carbocycles. The molecule has 0 heterocycles. The van der Waals surface area contributed by atoms with E-state index in [1.54, 1.807) is 0 Å². The molecule has 0 radical (unpaired) electrons. The summed E-state index contributed by atoms with van der Waals surface area (Å²) >= 11 is 0. The van der Waals surface area contributed by atoms with Crippen molar-refractivity contribution in [3.8, 4) is 0 Å². The molecular weight excluding hydrogens is 294 g/mol. The second-order valence-electron chi connectivity index (χ2n) is 7.70. The monoisotopic (exact) mass is 327 g/mol. The zero-order valence-electron chi connectivity index (χ0n) is 15.3. The average molecular weight is 328 g/mol. The van der Waals surface area contributed by atoms with Gasteiger partial charge in [-0.05, 0) is 37.7 Å². The van der Waals surface area contributed by atoms with Crippen molar-refractivity contribution in [2.24, 2.45) is 0 Å². The summed E-state index contributed by atoms with van der Waals surface area (Å²) < 4.78 is 0. The van der Waals surface area contributed by atoms with Crippen LogP contribution in [0.25, 0.3) is 0 Å². The van der Waals surface area contributed by atoms with Crippen molar-refractivity contribution < 1.29 is 4.79 Å². The molecular formula is C22H33NO. The molecule has 2 nitrogen and oxygen atoms in total. The van der Waals surface area contributed by atoms with Gasteiger partial charge in [-0.1, -0.05) is 75.8 Å². The van der Waals surface area contributed by atoms with Crippen LogP contribution in [0.4, 0.5) is 0 Å². The lowest BCUT2D eigenvalue weighted by molar-refractivity contribution is -0.139. The van der Waals surface area contributed by atoms with Gasteiger partial charge in [-0.2, -0.15) is 0 Å². The molecule has 24 heavy (non-hydrogen) atoms. The highest BCUT2D eigenvalue weighted by Gasteiger charge is 2.35. The molecule has 0 aliphatic heterocycles. The summed E-state index contributed by atoms with van der Waals surface area (Å²) in [5, 5.41) is 0. The number of carbonyl (C=O) groups excluding carboxylic acids is 1. The largest absolute Gasteiger partial charge is 0.336 e. The fourth-order valence-electron chi connectivity index (χ4n) is 4.79. The highest BCUT2D eigenvalue weighted by atomic mass is 16.2. The van der Waals surface area contributed by atoms with Gasteiger partial charge < -0.3 is 4.90 Å². The Bertz CT molecular complexity index is 482. The van der Waals surface area contributed by atoms with E-state index in [1.165, 1.54) is 69.8 Å². The first-order valence-electron chi connectivity index (χ1n) is 10.2. The summed E-state index contributed by atoms with van der Waals surface area (Å²) in [6, 6.07) is 11.4. The number of nitrogens with zero attached hydrogens (tertiary/aromatic N) is 1. The molecule has 3 rings (SSSR count). The van der Waals surface area contributed by atoms with E-state index in [-0.39, 0.29) is 5.92 Å². The van der Waals surface area contributed by atoms with E-state index in [1.807, 2.05) is 6.07 Å². The van der Waals surface area contributed by atoms with Gasteiger partial charge in [0.1, 0.15) is 0 Å². The zero-order chi connectivity index (χ0) is 16.8. The average Bonchev–Trinajstić information content (AvgIpc) is 2.65. The molecule has 1 aromatic rings. The van der Waals surface area contributed by atoms with Gasteiger partial charge in [0.15, 0.2) is 0 Å². The summed E-state index contributed by atoms with van der Waals surface area (Å²) in [6.45, 7) is 2.16. The van der Waals surface area contributed by atoms with Crippen LogP contribution < -0.4 is 0 Å². The highest BCUT2D eigenvalue weighted by Crippen LogP contribution is 2.34. The number of hydrogen-bond acceptors (Lipinski definition) is 1. The Labute approximate surface area is 147 Å². The Morgan fingerprint density at radius 2 is 1.42 bits per heavy atom. The Morgan fingerprint density at radius 3 is 1.88 bits per heavy atom. The molecule has 2 heteroatoms. The molecule has 0 saturated heterocycles. The minimum absolute atomic E-state index is 0.0371. The Balaban J connectivity index is 1.83. The standard InChI is InChI=1S/C22H33NO/c1-2-21(18-12-6-3-7-13-18)22(24)23(19-14-8-4-9-15-19)20-16-10-5-11-17-20/h3,6-7,12-13,19-21H,2,4-5,8-11,14-17H2,1H3. The van der Waals surface area contributed by atoms with E-state index in [9.17, 15) is 4.79 Å². The minimum Gasteiger partial charge on any atom is -0.336 e. The highest BCUT2D eigenvalue weighted by molar-refractivity contribution is 5.84. The van der Waals surface area contributed by atoms with Crippen molar-refractivity contribution in [1.82, 2.24) is 4.90 Å². The third-order valence-corrected chi connectivity index (χ3v) is 6.10. The van der Waals surface area contributed by atoms with Gasteiger partial charge in [0.2, 0.25) is 5.91 Å². The Kier molecular flexibility index (Phi) is 6.34. The third-order valence-electron chi connectivity index (χ3n) is 6.10. The van der Waals surface area contributed by atoms with Crippen LogP contribution in [-0.4, -0.2) is 22.9 Å². The van der Waals surface area contributed by atoms with E-state index in [4.69, 9.17) is 0 Å². The van der Waals surface area contributed by atoms with Crippen LogP contribution >= 0.6 is 0 Å². The molecule has 0 spiro atoms. The lowest BCUT2D eigenvalue weighted by Gasteiger charge is -2.43. The van der Waals surface area contributed by atoms with Crippen molar-refractivity contribution in [2.75, 3.05) is 0 Å². The van der Waals surface area contributed by atoms with Crippen molar-refractivity contribution in [3.05, 3.63) is 35.9 Å². The molecule has 1 amide bonds. The summed E-state index contributed by atoms with van der Waals surface area (Å²) in [4.78, 5) is 16.0. The fraction of sp³-hybridized carbons (Fsp3) is 0.682. The Morgan fingerprint density at radius 1 is 0.917 bits per heavy atom. The number of rotatable bonds is 5. The van der Waals surface area contributed by atoms with Crippen LogP contribution in [0, 0.1) is 0 Å². The number of benzene rings is 1. The second kappa shape index (κ2) is 8.69. The van der Waals surface area contributed by atoms with Gasteiger partial charge in [-0.15, -0.1) is 0 Å². The molecule has 0 aromatic heterocycles. The molecule has 2 aliphatic carbocycles. The first-order chi connectivity index (χ1) is 11.8. The quantitative estimate of drug-likeness (QED) is 0.682. The van der Waals surface area contributed by atoms with Gasteiger partial charge in [0, 0.05) is 12.1 Å². The van der Waals surface area contributed by atoms with Gasteiger partial charge in [-0.25, -0.2) is 0 Å². The van der Waals surface area contributed by atoms with Crippen molar-refractivity contribution in [3.63, 3.8) is 0 Å². The van der Waals surface area contributed by atoms with Crippen molar-refractivity contribution in [2.45, 2.75) is 95.6 Å². The first-order valence-corrected chi connectivity index (χ1v) is 10.2. The normalized spacial score (nSPS) is 21.4. The minimum atomic E-state index is 0.0371. The van der Waals surface area contributed by atoms with E-state index in [2.05, 4.69) is 36.1 Å². The van der Waals surface area contributed by atoms with Gasteiger partial charge in [-0.3, -0.25) is 4.79 Å². The molecule has 0 N–H and O–H groups in total. The van der Waals surface area contributed by atoms with Crippen LogP contribution in [-0.2, 0) is 4.79 Å². The smallest absolute Gasteiger partial charge is 0.230 e. The molecule has 1 unspecified atom stereocenters. The van der Waals surface area contributed by atoms with E-state index >= 15 is 0 Å². The van der Waals surface area contributed by atoms with Gasteiger partial charge in [0.05, 0.1) is 5.92 Å². The predicted molar refractivity (Wildman–Crippen MR) is 100 cm³/mol. The number of hydrogen-bond donors (Lipinski definition) is 0. The third kappa shape index (κ3) is 4.02. The maximum absolute atomic E-state index is 13.6. The Hall–Kier alpha value is -1.31. The molecule has 132 valence electrons. The molecule has 2 fully saturated rings. The topological polar surface area (TPSA) is 20.3 Å². The summed E-state index contributed by atoms with van der Waals surface area (Å²) in [6.07, 6.45) is 13.6. The predicted octanol–water partition coefficient (Wildman–Crippen LogP) is 5.67. The van der Waals surface area contributed by atoms with Gasteiger partial charge >= 0.3 is 0 Å². The summed E-state index contributed by atoms with van der Waals surface area (Å²) in [5.41, 5.74) is 1.20. The SMILES string of the molecule is CCC(C(=O)N(C1CCCCC1)C1CCCCC1)c1ccccc1. The summed E-state index contributed by atoms with van der Waals surface area (Å²) in [7, 11) is 0. The zero-order valence-corrected chi connectivity index (χ0v) is 15.3. The number of carbonyl (C=O) groups is 1.